The summed E-state index contributed by atoms with van der Waals surface area (Å²) in [6.45, 7) is 5.62. The van der Waals surface area contributed by atoms with Gasteiger partial charge in [-0.1, -0.05) is 35.6 Å². The van der Waals surface area contributed by atoms with Gasteiger partial charge in [-0.3, -0.25) is 0 Å². The summed E-state index contributed by atoms with van der Waals surface area (Å²) in [4.78, 5) is 14.5. The molecule has 2 amide bonds. The predicted molar refractivity (Wildman–Crippen MR) is 131 cm³/mol. The van der Waals surface area contributed by atoms with Crippen molar-refractivity contribution in [3.63, 3.8) is 0 Å². The minimum atomic E-state index is 0.0182. The van der Waals surface area contributed by atoms with Crippen molar-refractivity contribution >= 4 is 17.4 Å². The molecule has 2 atom stereocenters. The van der Waals surface area contributed by atoms with Gasteiger partial charge < -0.3 is 15.0 Å². The maximum atomic E-state index is 12.6. The highest BCUT2D eigenvalue weighted by molar-refractivity contribution is 7.14. The molecule has 0 spiro atoms. The molecule has 2 aliphatic carbocycles. The third-order valence-electron chi connectivity index (χ3n) is 6.62. The van der Waals surface area contributed by atoms with Crippen LogP contribution in [0.3, 0.4) is 0 Å². The average molecular weight is 476 g/mol. The minimum absolute atomic E-state index is 0.0182. The third-order valence-corrected chi connectivity index (χ3v) is 7.71. The lowest BCUT2D eigenvalue weighted by molar-refractivity contribution is 0.153. The van der Waals surface area contributed by atoms with Crippen LogP contribution in [0.4, 0.5) is 4.79 Å². The highest BCUT2D eigenvalue weighted by atomic mass is 32.1. The molecular weight excluding hydrogens is 446 g/mol. The van der Waals surface area contributed by atoms with Crippen molar-refractivity contribution in [3.05, 3.63) is 57.8 Å². The Morgan fingerprint density at radius 2 is 2.12 bits per heavy atom. The summed E-state index contributed by atoms with van der Waals surface area (Å²) in [5.41, 5.74) is 4.09. The van der Waals surface area contributed by atoms with Crippen LogP contribution in [0.25, 0.3) is 10.6 Å². The van der Waals surface area contributed by atoms with Gasteiger partial charge in [0.25, 0.3) is 0 Å². The molecule has 7 nitrogen and oxygen atoms in total. The Kier molecular flexibility index (Phi) is 6.38. The number of amides is 2. The van der Waals surface area contributed by atoms with Gasteiger partial charge in [-0.15, -0.1) is 10.2 Å². The number of aromatic nitrogens is 2. The van der Waals surface area contributed by atoms with Crippen molar-refractivity contribution in [1.29, 1.82) is 5.26 Å². The molecule has 1 saturated heterocycles. The zero-order valence-corrected chi connectivity index (χ0v) is 20.4. The zero-order chi connectivity index (χ0) is 23.7. The molecule has 2 heterocycles. The molecule has 1 aliphatic heterocycles. The van der Waals surface area contributed by atoms with Crippen molar-refractivity contribution in [2.75, 3.05) is 13.1 Å². The molecule has 3 aliphatic rings. The number of hydrogen-bond acceptors (Lipinski definition) is 6. The van der Waals surface area contributed by atoms with Crippen LogP contribution >= 0.6 is 11.3 Å². The smallest absolute Gasteiger partial charge is 0.317 e. The number of urea groups is 1. The largest absolute Gasteiger partial charge is 0.490 e. The maximum Gasteiger partial charge on any atom is 0.317 e. The fourth-order valence-electron chi connectivity index (χ4n) is 4.98. The van der Waals surface area contributed by atoms with Gasteiger partial charge in [0.05, 0.1) is 17.7 Å². The first-order chi connectivity index (χ1) is 16.5. The number of allylic oxidation sites excluding steroid dienone is 3. The van der Waals surface area contributed by atoms with Crippen molar-refractivity contribution in [3.8, 4) is 16.6 Å². The molecule has 34 heavy (non-hydrogen) atoms. The Balaban J connectivity index is 1.34. The van der Waals surface area contributed by atoms with E-state index in [2.05, 4.69) is 33.7 Å². The molecule has 1 aromatic carbocycles. The lowest BCUT2D eigenvalue weighted by atomic mass is 9.96. The van der Waals surface area contributed by atoms with E-state index >= 15 is 0 Å². The van der Waals surface area contributed by atoms with E-state index in [1.807, 2.05) is 37.0 Å². The fourth-order valence-corrected chi connectivity index (χ4v) is 5.96. The molecule has 8 heteroatoms. The van der Waals surface area contributed by atoms with Gasteiger partial charge in [-0.2, -0.15) is 5.26 Å². The number of carbonyl (C=O) groups is 1. The second-order valence-corrected chi connectivity index (χ2v) is 10.3. The Morgan fingerprint density at radius 1 is 1.29 bits per heavy atom. The van der Waals surface area contributed by atoms with E-state index < -0.39 is 0 Å². The maximum absolute atomic E-state index is 12.6. The first kappa shape index (κ1) is 22.6. The zero-order valence-electron chi connectivity index (χ0n) is 19.6. The highest BCUT2D eigenvalue weighted by Crippen LogP contribution is 2.40. The summed E-state index contributed by atoms with van der Waals surface area (Å²) in [5.74, 6) is 0.672. The van der Waals surface area contributed by atoms with Crippen LogP contribution < -0.4 is 5.32 Å². The summed E-state index contributed by atoms with van der Waals surface area (Å²) >= 11 is 1.58. The van der Waals surface area contributed by atoms with E-state index in [9.17, 15) is 10.1 Å². The quantitative estimate of drug-likeness (QED) is 0.638. The lowest BCUT2D eigenvalue weighted by Gasteiger charge is -2.21. The molecule has 176 valence electrons. The Labute approximate surface area is 204 Å². The molecular formula is C26H29N5O2S. The number of carbonyl (C=O) groups excluding carboxylic acids is 1. The van der Waals surface area contributed by atoms with Crippen molar-refractivity contribution in [2.45, 2.75) is 64.0 Å². The Hall–Kier alpha value is -3.18. The van der Waals surface area contributed by atoms with E-state index in [1.165, 1.54) is 11.1 Å². The molecule has 1 aromatic heterocycles. The number of fused-ring (bicyclic) bond motifs is 1. The number of hydrogen-bond donors (Lipinski definition) is 1. The molecule has 5 rings (SSSR count). The van der Waals surface area contributed by atoms with E-state index in [4.69, 9.17) is 4.74 Å². The number of nitriles is 1. The van der Waals surface area contributed by atoms with Gasteiger partial charge in [0.15, 0.2) is 0 Å². The summed E-state index contributed by atoms with van der Waals surface area (Å²) in [6.07, 6.45) is 8.68. The number of likely N-dealkylation sites (tertiary alicyclic amines) is 1. The molecule has 1 unspecified atom stereocenters. The Bertz CT molecular complexity index is 1190. The van der Waals surface area contributed by atoms with Crippen LogP contribution in [0.5, 0.6) is 0 Å². The van der Waals surface area contributed by atoms with Crippen molar-refractivity contribution in [1.82, 2.24) is 20.4 Å². The van der Waals surface area contributed by atoms with Gasteiger partial charge in [0.2, 0.25) is 0 Å². The van der Waals surface area contributed by atoms with E-state index in [0.29, 0.717) is 11.3 Å². The van der Waals surface area contributed by atoms with E-state index in [-0.39, 0.29) is 24.1 Å². The van der Waals surface area contributed by atoms with Gasteiger partial charge in [-0.25, -0.2) is 4.79 Å². The van der Waals surface area contributed by atoms with Crippen LogP contribution in [0.1, 0.15) is 67.6 Å². The standard InChI is InChI=1S/C26H29N5O2S/c1-16(2)33-23-11-8-17(14-18(23)15-27)24-29-30-25(34-24)21-7-5-6-20-19(21)9-10-22(20)28-26(32)31-12-3-4-13-31/h5-7,11,14,16-17,22H,3-4,8-10,12-13H2,1-2H3,(H,28,32)/t17?,22-/m0/s1. The third kappa shape index (κ3) is 4.45. The summed E-state index contributed by atoms with van der Waals surface area (Å²) < 4.78 is 5.78. The van der Waals surface area contributed by atoms with Crippen molar-refractivity contribution < 1.29 is 9.53 Å². The van der Waals surface area contributed by atoms with Gasteiger partial charge in [-0.05, 0) is 63.2 Å². The highest BCUT2D eigenvalue weighted by Gasteiger charge is 2.30. The topological polar surface area (TPSA) is 91.1 Å². The number of benzene rings is 1. The van der Waals surface area contributed by atoms with Gasteiger partial charge >= 0.3 is 6.03 Å². The van der Waals surface area contributed by atoms with Gasteiger partial charge in [0, 0.05) is 24.6 Å². The first-order valence-electron chi connectivity index (χ1n) is 12.0. The number of rotatable bonds is 5. The predicted octanol–water partition coefficient (Wildman–Crippen LogP) is 5.24. The monoisotopic (exact) mass is 475 g/mol. The van der Waals surface area contributed by atoms with Crippen LogP contribution in [-0.4, -0.2) is 40.3 Å². The molecule has 1 N–H and O–H groups in total. The van der Waals surface area contributed by atoms with Crippen LogP contribution in [0.2, 0.25) is 0 Å². The lowest BCUT2D eigenvalue weighted by Crippen LogP contribution is -2.39. The summed E-state index contributed by atoms with van der Waals surface area (Å²) in [5, 5.41) is 23.6. The minimum Gasteiger partial charge on any atom is -0.490 e. The molecule has 2 aromatic rings. The van der Waals surface area contributed by atoms with E-state index in [0.717, 1.165) is 60.8 Å². The first-order valence-corrected chi connectivity index (χ1v) is 12.8. The number of nitrogens with zero attached hydrogens (tertiary/aromatic N) is 4. The second-order valence-electron chi connectivity index (χ2n) is 9.32. The van der Waals surface area contributed by atoms with Gasteiger partial charge in [0.1, 0.15) is 21.8 Å². The number of nitrogens with one attached hydrogen (secondary N) is 1. The SMILES string of the molecule is CC(C)OC1=CCC(c2nnc(-c3cccc4c3CC[C@@H]4NC(=O)N3CCCC3)s2)C=C1C#N. The number of ether oxygens (including phenoxy) is 1. The van der Waals surface area contributed by atoms with Crippen LogP contribution in [0, 0.1) is 11.3 Å². The van der Waals surface area contributed by atoms with Crippen LogP contribution in [0.15, 0.2) is 41.7 Å². The summed E-state index contributed by atoms with van der Waals surface area (Å²) in [6, 6.07) is 8.60. The molecule has 0 bridgehead atoms. The van der Waals surface area contributed by atoms with E-state index in [1.54, 1.807) is 11.3 Å². The Morgan fingerprint density at radius 3 is 2.88 bits per heavy atom. The second kappa shape index (κ2) is 9.59. The fraction of sp³-hybridized carbons (Fsp3) is 0.462. The van der Waals surface area contributed by atoms with Crippen molar-refractivity contribution in [2.24, 2.45) is 0 Å². The summed E-state index contributed by atoms with van der Waals surface area (Å²) in [7, 11) is 0. The average Bonchev–Trinajstić information content (AvgIpc) is 3.60. The molecule has 0 radical (unpaired) electrons. The molecule has 0 saturated carbocycles. The normalized spacial score (nSPS) is 21.6. The molecule has 1 fully saturated rings. The van der Waals surface area contributed by atoms with Crippen LogP contribution in [-0.2, 0) is 11.2 Å².